The molecule has 4 atom stereocenters. The van der Waals surface area contributed by atoms with Gasteiger partial charge in [0, 0.05) is 53.4 Å². The second-order valence-electron chi connectivity index (χ2n) is 8.50. The topological polar surface area (TPSA) is 156 Å². The van der Waals surface area contributed by atoms with Gasteiger partial charge in [-0.2, -0.15) is 0 Å². The maximum Gasteiger partial charge on any atom is 0.407 e. The maximum absolute atomic E-state index is 11.6. The quantitative estimate of drug-likeness (QED) is 0.165. The van der Waals surface area contributed by atoms with Gasteiger partial charge in [-0.1, -0.05) is 25.7 Å². The van der Waals surface area contributed by atoms with Crippen LogP contribution in [0.4, 0.5) is 4.79 Å². The summed E-state index contributed by atoms with van der Waals surface area (Å²) in [5, 5.41) is 11.3. The summed E-state index contributed by atoms with van der Waals surface area (Å²) in [6, 6.07) is 0. The summed E-state index contributed by atoms with van der Waals surface area (Å²) < 4.78 is 32.2. The first-order chi connectivity index (χ1) is 17.2. The van der Waals surface area contributed by atoms with Crippen molar-refractivity contribution in [2.24, 2.45) is 0 Å². The van der Waals surface area contributed by atoms with Crippen molar-refractivity contribution in [3.05, 3.63) is 0 Å². The number of nitrogens with one attached hydrogen (secondary N) is 1. The lowest BCUT2D eigenvalue weighted by Gasteiger charge is -2.39. The molecule has 2 N–H and O–H groups in total. The van der Waals surface area contributed by atoms with Gasteiger partial charge in [-0.25, -0.2) is 4.79 Å². The van der Waals surface area contributed by atoms with Crippen LogP contribution in [0.5, 0.6) is 0 Å². The molecule has 0 spiro atoms. The van der Waals surface area contributed by atoms with Gasteiger partial charge in [0.15, 0.2) is 12.4 Å². The SMILES string of the molecule is CC(=O)OC[C@H]1O[C@@H](OCCCCCCCCNC(=O)OCCCO)C[C@@H](OC(C)=O)[C@H]1OC(C)=O. The molecule has 1 aliphatic rings. The monoisotopic (exact) mass is 519 g/mol. The predicted octanol–water partition coefficient (Wildman–Crippen LogP) is 1.99. The Bertz CT molecular complexity index is 672. The van der Waals surface area contributed by atoms with Crippen LogP contribution >= 0.6 is 0 Å². The first kappa shape index (κ1) is 31.6. The molecular formula is C24H41NO11. The van der Waals surface area contributed by atoms with Gasteiger partial charge in [-0.15, -0.1) is 0 Å². The van der Waals surface area contributed by atoms with Crippen LogP contribution in [-0.4, -0.2) is 86.7 Å². The molecule has 0 aromatic carbocycles. The zero-order chi connectivity index (χ0) is 26.8. The number of aliphatic hydroxyl groups excluding tert-OH is 1. The van der Waals surface area contributed by atoms with Crippen molar-refractivity contribution in [2.75, 3.05) is 33.0 Å². The fourth-order valence-electron chi connectivity index (χ4n) is 3.62. The van der Waals surface area contributed by atoms with Gasteiger partial charge in [0.2, 0.25) is 0 Å². The number of hydrogen-bond donors (Lipinski definition) is 2. The highest BCUT2D eigenvalue weighted by Gasteiger charge is 2.44. The first-order valence-electron chi connectivity index (χ1n) is 12.5. The van der Waals surface area contributed by atoms with E-state index in [1.165, 1.54) is 20.8 Å². The predicted molar refractivity (Wildman–Crippen MR) is 126 cm³/mol. The Kier molecular flexibility index (Phi) is 16.5. The average molecular weight is 520 g/mol. The van der Waals surface area contributed by atoms with Gasteiger partial charge in [-0.3, -0.25) is 14.4 Å². The van der Waals surface area contributed by atoms with E-state index < -0.39 is 48.6 Å². The lowest BCUT2D eigenvalue weighted by molar-refractivity contribution is -0.266. The molecule has 1 rings (SSSR count). The van der Waals surface area contributed by atoms with E-state index in [9.17, 15) is 19.2 Å². The van der Waals surface area contributed by atoms with E-state index in [0.717, 1.165) is 38.5 Å². The summed E-state index contributed by atoms with van der Waals surface area (Å²) in [6.45, 7) is 4.77. The summed E-state index contributed by atoms with van der Waals surface area (Å²) in [6.07, 6.45) is 2.52. The molecule has 208 valence electrons. The Morgan fingerprint density at radius 3 is 2.14 bits per heavy atom. The maximum atomic E-state index is 11.6. The summed E-state index contributed by atoms with van der Waals surface area (Å²) in [7, 11) is 0. The van der Waals surface area contributed by atoms with E-state index >= 15 is 0 Å². The molecule has 0 saturated carbocycles. The number of hydrogen-bond acceptors (Lipinski definition) is 11. The molecule has 0 bridgehead atoms. The summed E-state index contributed by atoms with van der Waals surface area (Å²) in [5.41, 5.74) is 0. The van der Waals surface area contributed by atoms with Gasteiger partial charge < -0.3 is 38.8 Å². The number of ether oxygens (including phenoxy) is 6. The second kappa shape index (κ2) is 18.8. The molecule has 1 aliphatic heterocycles. The van der Waals surface area contributed by atoms with Gasteiger partial charge in [0.05, 0.1) is 6.61 Å². The standard InChI is InChI=1S/C24H41NO11/c1-17(27)33-16-21-23(35-19(3)29)20(34-18(2)28)15-22(36-21)31-13-9-7-5-4-6-8-11-25-24(30)32-14-10-12-26/h20-23,26H,4-16H2,1-3H3,(H,25,30)/t20-,21-,22-,23-/m1/s1. The molecule has 0 unspecified atom stereocenters. The molecule has 0 aromatic heterocycles. The summed E-state index contributed by atoms with van der Waals surface area (Å²) >= 11 is 0. The summed E-state index contributed by atoms with van der Waals surface area (Å²) in [5.74, 6) is -1.61. The Hall–Kier alpha value is -2.44. The second-order valence-corrected chi connectivity index (χ2v) is 8.50. The van der Waals surface area contributed by atoms with E-state index in [4.69, 9.17) is 33.5 Å². The number of carbonyl (C=O) groups is 4. The van der Waals surface area contributed by atoms with Gasteiger partial charge in [0.25, 0.3) is 0 Å². The normalized spacial score (nSPS) is 21.3. The van der Waals surface area contributed by atoms with Crippen molar-refractivity contribution < 1.29 is 52.7 Å². The van der Waals surface area contributed by atoms with Crippen LogP contribution < -0.4 is 5.32 Å². The van der Waals surface area contributed by atoms with Crippen molar-refractivity contribution in [1.29, 1.82) is 0 Å². The lowest BCUT2D eigenvalue weighted by Crippen LogP contribution is -2.54. The molecule has 1 amide bonds. The third-order valence-electron chi connectivity index (χ3n) is 5.23. The lowest BCUT2D eigenvalue weighted by atomic mass is 10.0. The molecule has 1 saturated heterocycles. The minimum absolute atomic E-state index is 0.00600. The van der Waals surface area contributed by atoms with Crippen molar-refractivity contribution in [3.63, 3.8) is 0 Å². The van der Waals surface area contributed by atoms with E-state index in [1.54, 1.807) is 0 Å². The van der Waals surface area contributed by atoms with Crippen molar-refractivity contribution in [2.45, 2.75) is 96.7 Å². The molecule has 1 fully saturated rings. The van der Waals surface area contributed by atoms with Crippen LogP contribution in [0.15, 0.2) is 0 Å². The Morgan fingerprint density at radius 2 is 1.50 bits per heavy atom. The van der Waals surface area contributed by atoms with Gasteiger partial charge in [0.1, 0.15) is 18.8 Å². The average Bonchev–Trinajstić information content (AvgIpc) is 2.80. The minimum Gasteiger partial charge on any atom is -0.463 e. The molecule has 0 radical (unpaired) electrons. The number of aliphatic hydroxyl groups is 1. The Balaban J connectivity index is 2.31. The molecule has 36 heavy (non-hydrogen) atoms. The molecule has 12 heteroatoms. The number of amides is 1. The smallest absolute Gasteiger partial charge is 0.407 e. The number of rotatable bonds is 17. The fraction of sp³-hybridized carbons (Fsp3) is 0.833. The summed E-state index contributed by atoms with van der Waals surface area (Å²) in [4.78, 5) is 45.8. The van der Waals surface area contributed by atoms with Crippen LogP contribution in [0.3, 0.4) is 0 Å². The van der Waals surface area contributed by atoms with Crippen LogP contribution in [0.2, 0.25) is 0 Å². The van der Waals surface area contributed by atoms with Crippen LogP contribution in [0, 0.1) is 0 Å². The third-order valence-corrected chi connectivity index (χ3v) is 5.23. The van der Waals surface area contributed by atoms with E-state index in [2.05, 4.69) is 5.32 Å². The van der Waals surface area contributed by atoms with Crippen LogP contribution in [-0.2, 0) is 42.8 Å². The third kappa shape index (κ3) is 14.8. The van der Waals surface area contributed by atoms with Gasteiger partial charge in [-0.05, 0) is 12.8 Å². The minimum atomic E-state index is -0.914. The van der Waals surface area contributed by atoms with E-state index in [-0.39, 0.29) is 26.2 Å². The molecule has 12 nitrogen and oxygen atoms in total. The van der Waals surface area contributed by atoms with Gasteiger partial charge >= 0.3 is 24.0 Å². The number of esters is 3. The van der Waals surface area contributed by atoms with Crippen molar-refractivity contribution >= 4 is 24.0 Å². The highest BCUT2D eigenvalue weighted by molar-refractivity contribution is 5.68. The first-order valence-corrected chi connectivity index (χ1v) is 12.5. The molecule has 1 heterocycles. The van der Waals surface area contributed by atoms with Crippen molar-refractivity contribution in [1.82, 2.24) is 5.32 Å². The Morgan fingerprint density at radius 1 is 0.833 bits per heavy atom. The number of unbranched alkanes of at least 4 members (excludes halogenated alkanes) is 5. The van der Waals surface area contributed by atoms with Crippen molar-refractivity contribution in [3.8, 4) is 0 Å². The molecule has 0 aromatic rings. The largest absolute Gasteiger partial charge is 0.463 e. The molecular weight excluding hydrogens is 478 g/mol. The molecule has 0 aliphatic carbocycles. The highest BCUT2D eigenvalue weighted by atomic mass is 16.7. The zero-order valence-electron chi connectivity index (χ0n) is 21.5. The fourth-order valence-corrected chi connectivity index (χ4v) is 3.62. The van der Waals surface area contributed by atoms with E-state index in [0.29, 0.717) is 19.6 Å². The number of carbonyl (C=O) groups excluding carboxylic acids is 4. The van der Waals surface area contributed by atoms with Crippen LogP contribution in [0.25, 0.3) is 0 Å². The van der Waals surface area contributed by atoms with E-state index in [1.807, 2.05) is 0 Å². The number of alkyl carbamates (subject to hydrolysis) is 1. The van der Waals surface area contributed by atoms with Crippen LogP contribution in [0.1, 0.15) is 72.1 Å². The Labute approximate surface area is 212 Å². The highest BCUT2D eigenvalue weighted by Crippen LogP contribution is 2.27. The zero-order valence-corrected chi connectivity index (χ0v) is 21.5.